The van der Waals surface area contributed by atoms with Gasteiger partial charge < -0.3 is 5.73 Å². The number of hydrogen-bond acceptors (Lipinski definition) is 4. The van der Waals surface area contributed by atoms with Gasteiger partial charge in [0.15, 0.2) is 0 Å². The van der Waals surface area contributed by atoms with Crippen LogP contribution in [0.3, 0.4) is 0 Å². The molecule has 1 aliphatic heterocycles. The molecule has 94 valence electrons. The summed E-state index contributed by atoms with van der Waals surface area (Å²) < 4.78 is 0. The van der Waals surface area contributed by atoms with Crippen molar-refractivity contribution in [2.45, 2.75) is 45.2 Å². The number of aromatic nitrogens is 2. The molecule has 0 spiro atoms. The number of piperidine rings is 1. The Morgan fingerprint density at radius 3 is 2.94 bits per heavy atom. The second-order valence-electron chi connectivity index (χ2n) is 4.92. The fourth-order valence-electron chi connectivity index (χ4n) is 2.50. The lowest BCUT2D eigenvalue weighted by Gasteiger charge is -2.38. The zero-order valence-corrected chi connectivity index (χ0v) is 10.4. The van der Waals surface area contributed by atoms with Crippen molar-refractivity contribution in [3.8, 4) is 0 Å². The van der Waals surface area contributed by atoms with Crippen LogP contribution in [0.15, 0.2) is 10.9 Å². The summed E-state index contributed by atoms with van der Waals surface area (Å²) in [6, 6.07) is 2.47. The lowest BCUT2D eigenvalue weighted by atomic mass is 9.97. The first-order valence-corrected chi connectivity index (χ1v) is 6.20. The predicted molar refractivity (Wildman–Crippen MR) is 67.7 cm³/mol. The molecule has 5 nitrogen and oxygen atoms in total. The van der Waals surface area contributed by atoms with Crippen LogP contribution in [0.2, 0.25) is 0 Å². The summed E-state index contributed by atoms with van der Waals surface area (Å²) in [6.07, 6.45) is 3.51. The largest absolute Gasteiger partial charge is 0.394 e. The van der Waals surface area contributed by atoms with Crippen LogP contribution in [0, 0.1) is 0 Å². The highest BCUT2D eigenvalue weighted by Crippen LogP contribution is 2.31. The molecular formula is C12H20N4O. The molecule has 1 unspecified atom stereocenters. The first-order chi connectivity index (χ1) is 8.09. The average Bonchev–Trinajstić information content (AvgIpc) is 2.32. The van der Waals surface area contributed by atoms with Gasteiger partial charge in [-0.3, -0.25) is 9.69 Å². The molecule has 0 bridgehead atoms. The van der Waals surface area contributed by atoms with Crippen LogP contribution in [0.5, 0.6) is 0 Å². The lowest BCUT2D eigenvalue weighted by molar-refractivity contribution is 0.108. The Morgan fingerprint density at radius 2 is 2.29 bits per heavy atom. The van der Waals surface area contributed by atoms with Crippen molar-refractivity contribution >= 4 is 5.69 Å². The maximum absolute atomic E-state index is 11.2. The van der Waals surface area contributed by atoms with E-state index in [4.69, 9.17) is 5.73 Å². The van der Waals surface area contributed by atoms with E-state index in [1.807, 2.05) is 0 Å². The standard InChI is InChI=1S/C12H20N4O/c1-8(2)16-6-4-3-5-11(16)10-7-9(13)12(17)15-14-10/h7-8,11H,3-6H2,1-2H3,(H2,13,14)(H,15,17). The molecule has 3 N–H and O–H groups in total. The molecule has 0 saturated carbocycles. The molecule has 1 aromatic heterocycles. The molecule has 0 amide bonds. The van der Waals surface area contributed by atoms with Crippen molar-refractivity contribution in [1.82, 2.24) is 15.1 Å². The van der Waals surface area contributed by atoms with Gasteiger partial charge >= 0.3 is 0 Å². The Morgan fingerprint density at radius 1 is 1.53 bits per heavy atom. The second-order valence-corrected chi connectivity index (χ2v) is 4.92. The number of aromatic amines is 1. The summed E-state index contributed by atoms with van der Waals surface area (Å²) >= 11 is 0. The van der Waals surface area contributed by atoms with E-state index in [9.17, 15) is 4.79 Å². The topological polar surface area (TPSA) is 75.0 Å². The molecule has 2 heterocycles. The van der Waals surface area contributed by atoms with Crippen molar-refractivity contribution in [3.05, 3.63) is 22.1 Å². The summed E-state index contributed by atoms with van der Waals surface area (Å²) in [4.78, 5) is 13.6. The number of nitrogens with zero attached hydrogens (tertiary/aromatic N) is 2. The van der Waals surface area contributed by atoms with Gasteiger partial charge in [-0.15, -0.1) is 0 Å². The molecule has 0 aromatic carbocycles. The molecule has 0 radical (unpaired) electrons. The van der Waals surface area contributed by atoms with E-state index in [0.29, 0.717) is 6.04 Å². The Hall–Kier alpha value is -1.36. The smallest absolute Gasteiger partial charge is 0.287 e. The zero-order chi connectivity index (χ0) is 12.4. The minimum absolute atomic E-state index is 0.254. The summed E-state index contributed by atoms with van der Waals surface area (Å²) in [5.41, 5.74) is 6.48. The van der Waals surface area contributed by atoms with Crippen molar-refractivity contribution in [2.24, 2.45) is 0 Å². The molecule has 1 aromatic rings. The molecular weight excluding hydrogens is 216 g/mol. The molecule has 5 heteroatoms. The van der Waals surface area contributed by atoms with E-state index in [1.54, 1.807) is 6.07 Å². The van der Waals surface area contributed by atoms with Crippen LogP contribution in [0.4, 0.5) is 5.69 Å². The van der Waals surface area contributed by atoms with Crippen LogP contribution < -0.4 is 11.3 Å². The van der Waals surface area contributed by atoms with Crippen LogP contribution in [0.1, 0.15) is 44.8 Å². The van der Waals surface area contributed by atoms with E-state index in [2.05, 4.69) is 28.9 Å². The zero-order valence-electron chi connectivity index (χ0n) is 10.4. The van der Waals surface area contributed by atoms with Crippen molar-refractivity contribution in [2.75, 3.05) is 12.3 Å². The summed E-state index contributed by atoms with van der Waals surface area (Å²) in [5.74, 6) is 0. The Kier molecular flexibility index (Phi) is 3.47. The molecule has 0 aliphatic carbocycles. The normalized spacial score (nSPS) is 21.9. The molecule has 17 heavy (non-hydrogen) atoms. The highest BCUT2D eigenvalue weighted by molar-refractivity contribution is 5.35. The van der Waals surface area contributed by atoms with Crippen molar-refractivity contribution in [3.63, 3.8) is 0 Å². The van der Waals surface area contributed by atoms with E-state index in [0.717, 1.165) is 18.7 Å². The van der Waals surface area contributed by atoms with Gasteiger partial charge in [0.2, 0.25) is 0 Å². The van der Waals surface area contributed by atoms with Gasteiger partial charge in [0, 0.05) is 6.04 Å². The third-order valence-electron chi connectivity index (χ3n) is 3.40. The lowest BCUT2D eigenvalue weighted by Crippen LogP contribution is -2.39. The number of nitrogen functional groups attached to an aromatic ring is 1. The minimum atomic E-state index is -0.305. The predicted octanol–water partition coefficient (Wildman–Crippen LogP) is 1.29. The monoisotopic (exact) mass is 236 g/mol. The van der Waals surface area contributed by atoms with Gasteiger partial charge in [-0.05, 0) is 39.3 Å². The van der Waals surface area contributed by atoms with Crippen molar-refractivity contribution in [1.29, 1.82) is 0 Å². The molecule has 1 saturated heterocycles. The fourth-order valence-corrected chi connectivity index (χ4v) is 2.50. The van der Waals surface area contributed by atoms with E-state index >= 15 is 0 Å². The Bertz CT molecular complexity index is 440. The molecule has 1 fully saturated rings. The van der Waals surface area contributed by atoms with Gasteiger partial charge in [-0.25, -0.2) is 5.10 Å². The molecule has 2 rings (SSSR count). The number of hydrogen-bond donors (Lipinski definition) is 2. The van der Waals surface area contributed by atoms with E-state index in [1.165, 1.54) is 12.8 Å². The third-order valence-corrected chi connectivity index (χ3v) is 3.40. The summed E-state index contributed by atoms with van der Waals surface area (Å²) in [6.45, 7) is 5.46. The van der Waals surface area contributed by atoms with Gasteiger partial charge in [0.1, 0.15) is 5.69 Å². The summed E-state index contributed by atoms with van der Waals surface area (Å²) in [7, 11) is 0. The number of nitrogens with two attached hydrogens (primary N) is 1. The number of rotatable bonds is 2. The number of anilines is 1. The first-order valence-electron chi connectivity index (χ1n) is 6.20. The Balaban J connectivity index is 2.29. The maximum atomic E-state index is 11.2. The van der Waals surface area contributed by atoms with Crippen LogP contribution in [-0.2, 0) is 0 Å². The quantitative estimate of drug-likeness (QED) is 0.811. The number of likely N-dealkylation sites (tertiary alicyclic amines) is 1. The van der Waals surface area contributed by atoms with Gasteiger partial charge in [-0.1, -0.05) is 6.42 Å². The average molecular weight is 236 g/mol. The maximum Gasteiger partial charge on any atom is 0.287 e. The highest BCUT2D eigenvalue weighted by Gasteiger charge is 2.27. The number of H-pyrrole nitrogens is 1. The van der Waals surface area contributed by atoms with Crippen LogP contribution in [-0.4, -0.2) is 27.7 Å². The van der Waals surface area contributed by atoms with Crippen molar-refractivity contribution < 1.29 is 0 Å². The Labute approximate surface area is 101 Å². The van der Waals surface area contributed by atoms with Gasteiger partial charge in [0.25, 0.3) is 5.56 Å². The molecule has 1 aliphatic rings. The highest BCUT2D eigenvalue weighted by atomic mass is 16.1. The number of nitrogens with one attached hydrogen (secondary N) is 1. The van der Waals surface area contributed by atoms with Crippen LogP contribution >= 0.6 is 0 Å². The van der Waals surface area contributed by atoms with Crippen LogP contribution in [0.25, 0.3) is 0 Å². The van der Waals surface area contributed by atoms with Gasteiger partial charge in [0.05, 0.1) is 11.7 Å². The second kappa shape index (κ2) is 4.87. The third kappa shape index (κ3) is 2.49. The van der Waals surface area contributed by atoms with E-state index in [-0.39, 0.29) is 17.3 Å². The SMILES string of the molecule is CC(C)N1CCCCC1c1cc(N)c(=O)[nH]n1. The first kappa shape index (κ1) is 12.1. The fraction of sp³-hybridized carbons (Fsp3) is 0.667. The molecule has 1 atom stereocenters. The minimum Gasteiger partial charge on any atom is -0.394 e. The van der Waals surface area contributed by atoms with Gasteiger partial charge in [-0.2, -0.15) is 5.10 Å². The summed E-state index contributed by atoms with van der Waals surface area (Å²) in [5, 5.41) is 6.60. The van der Waals surface area contributed by atoms with E-state index < -0.39 is 0 Å².